The second kappa shape index (κ2) is 13.1. The monoisotopic (exact) mass is 286 g/mol. The van der Waals surface area contributed by atoms with Crippen molar-refractivity contribution in [1.29, 1.82) is 0 Å². The summed E-state index contributed by atoms with van der Waals surface area (Å²) in [4.78, 5) is 10.1. The molecular formula is C16H30O4. The molecule has 2 fully saturated rings. The molecule has 4 heteroatoms. The molecular weight excluding hydrogens is 256 g/mol. The second-order valence-electron chi connectivity index (χ2n) is 5.43. The van der Waals surface area contributed by atoms with E-state index < -0.39 is 11.9 Å². The van der Waals surface area contributed by atoms with Crippen LogP contribution in [0.5, 0.6) is 0 Å². The van der Waals surface area contributed by atoms with Gasteiger partial charge >= 0.3 is 5.97 Å². The van der Waals surface area contributed by atoms with Crippen LogP contribution in [-0.4, -0.2) is 34.5 Å². The standard InChI is InChI=1S/C6H10O4.2C5H10/c1-4(6(9)10)5(2-7)3-8;2*1-2-4-5-3-1/h5,7-8H,1-3H2,(H,9,10);2*1-5H2. The molecule has 2 saturated carbocycles. The maximum absolute atomic E-state index is 10.1. The maximum Gasteiger partial charge on any atom is 0.331 e. The highest BCUT2D eigenvalue weighted by Crippen LogP contribution is 2.15. The first kappa shape index (κ1) is 19.1. The van der Waals surface area contributed by atoms with Crippen LogP contribution in [-0.2, 0) is 4.79 Å². The first-order chi connectivity index (χ1) is 9.63. The van der Waals surface area contributed by atoms with Crippen LogP contribution in [0.3, 0.4) is 0 Å². The van der Waals surface area contributed by atoms with E-state index >= 15 is 0 Å². The van der Waals surface area contributed by atoms with Crippen molar-refractivity contribution in [1.82, 2.24) is 0 Å². The predicted molar refractivity (Wildman–Crippen MR) is 80.6 cm³/mol. The number of aliphatic hydroxyl groups excluding tert-OH is 2. The zero-order valence-electron chi connectivity index (χ0n) is 12.5. The van der Waals surface area contributed by atoms with Gasteiger partial charge in [-0.25, -0.2) is 4.79 Å². The van der Waals surface area contributed by atoms with Gasteiger partial charge in [-0.3, -0.25) is 0 Å². The van der Waals surface area contributed by atoms with Crippen LogP contribution in [0.1, 0.15) is 64.2 Å². The average molecular weight is 286 g/mol. The quantitative estimate of drug-likeness (QED) is 0.694. The van der Waals surface area contributed by atoms with E-state index in [9.17, 15) is 4.79 Å². The lowest BCUT2D eigenvalue weighted by atomic mass is 10.0. The van der Waals surface area contributed by atoms with Crippen molar-refractivity contribution in [3.05, 3.63) is 12.2 Å². The molecule has 0 amide bonds. The first-order valence-electron chi connectivity index (χ1n) is 7.77. The number of aliphatic hydroxyl groups is 2. The Morgan fingerprint density at radius 2 is 1.05 bits per heavy atom. The minimum absolute atomic E-state index is 0.162. The Morgan fingerprint density at radius 1 is 0.800 bits per heavy atom. The van der Waals surface area contributed by atoms with Crippen LogP contribution in [0.15, 0.2) is 12.2 Å². The Morgan fingerprint density at radius 3 is 1.15 bits per heavy atom. The van der Waals surface area contributed by atoms with E-state index in [1.807, 2.05) is 0 Å². The summed E-state index contributed by atoms with van der Waals surface area (Å²) in [5.41, 5.74) is -0.162. The molecule has 0 aromatic rings. The fraction of sp³-hybridized carbons (Fsp3) is 0.812. The molecule has 118 valence electrons. The van der Waals surface area contributed by atoms with Crippen molar-refractivity contribution in [3.8, 4) is 0 Å². The lowest BCUT2D eigenvalue weighted by Gasteiger charge is -2.08. The molecule has 0 aromatic heterocycles. The van der Waals surface area contributed by atoms with Crippen LogP contribution < -0.4 is 0 Å². The molecule has 0 aliphatic heterocycles. The van der Waals surface area contributed by atoms with Crippen LogP contribution in [0.2, 0.25) is 0 Å². The molecule has 0 unspecified atom stereocenters. The van der Waals surface area contributed by atoms with Gasteiger partial charge in [-0.1, -0.05) is 70.8 Å². The van der Waals surface area contributed by atoms with Gasteiger partial charge in [0.05, 0.1) is 13.2 Å². The molecule has 3 N–H and O–H groups in total. The third-order valence-corrected chi connectivity index (χ3v) is 3.71. The summed E-state index contributed by atoms with van der Waals surface area (Å²) in [7, 11) is 0. The molecule has 2 rings (SSSR count). The second-order valence-corrected chi connectivity index (χ2v) is 5.43. The van der Waals surface area contributed by atoms with Crippen LogP contribution >= 0.6 is 0 Å². The van der Waals surface area contributed by atoms with E-state index in [2.05, 4.69) is 6.58 Å². The van der Waals surface area contributed by atoms with E-state index in [4.69, 9.17) is 15.3 Å². The van der Waals surface area contributed by atoms with Crippen LogP contribution in [0.4, 0.5) is 0 Å². The number of hydrogen-bond acceptors (Lipinski definition) is 3. The highest BCUT2D eigenvalue weighted by molar-refractivity contribution is 5.86. The molecule has 20 heavy (non-hydrogen) atoms. The van der Waals surface area contributed by atoms with Crippen molar-refractivity contribution in [3.63, 3.8) is 0 Å². The average Bonchev–Trinajstić information content (AvgIpc) is 3.18. The molecule has 0 aromatic carbocycles. The molecule has 0 radical (unpaired) electrons. The molecule has 0 heterocycles. The lowest BCUT2D eigenvalue weighted by molar-refractivity contribution is -0.133. The zero-order chi connectivity index (χ0) is 15.2. The van der Waals surface area contributed by atoms with Gasteiger partial charge in [0.25, 0.3) is 0 Å². The third-order valence-electron chi connectivity index (χ3n) is 3.71. The van der Waals surface area contributed by atoms with Crippen LogP contribution in [0, 0.1) is 5.92 Å². The van der Waals surface area contributed by atoms with Crippen molar-refractivity contribution in [2.75, 3.05) is 13.2 Å². The van der Waals surface area contributed by atoms with E-state index in [-0.39, 0.29) is 18.8 Å². The van der Waals surface area contributed by atoms with Gasteiger partial charge in [0.2, 0.25) is 0 Å². The first-order valence-corrected chi connectivity index (χ1v) is 7.77. The van der Waals surface area contributed by atoms with Crippen LogP contribution in [0.25, 0.3) is 0 Å². The van der Waals surface area contributed by atoms with Crippen molar-refractivity contribution < 1.29 is 20.1 Å². The van der Waals surface area contributed by atoms with Crippen molar-refractivity contribution in [2.45, 2.75) is 64.2 Å². The normalized spacial score (nSPS) is 16.9. The van der Waals surface area contributed by atoms with Gasteiger partial charge in [-0.05, 0) is 0 Å². The SMILES string of the molecule is C1CCCC1.C1CCCC1.C=C(C(=O)O)C(CO)CO. The largest absolute Gasteiger partial charge is 0.478 e. The Labute approximate surface area is 122 Å². The van der Waals surface area contributed by atoms with E-state index in [1.165, 1.54) is 64.2 Å². The summed E-state index contributed by atoms with van der Waals surface area (Å²) in [6.07, 6.45) is 15.0. The minimum atomic E-state index is -1.19. The summed E-state index contributed by atoms with van der Waals surface area (Å²) in [6, 6.07) is 0. The Hall–Kier alpha value is -0.870. The lowest BCUT2D eigenvalue weighted by Crippen LogP contribution is -2.18. The maximum atomic E-state index is 10.1. The molecule has 2 aliphatic carbocycles. The van der Waals surface area contributed by atoms with Gasteiger partial charge in [-0.2, -0.15) is 0 Å². The highest BCUT2D eigenvalue weighted by Gasteiger charge is 2.15. The molecule has 0 bridgehead atoms. The smallest absolute Gasteiger partial charge is 0.331 e. The number of hydrogen-bond donors (Lipinski definition) is 3. The third kappa shape index (κ3) is 9.98. The fourth-order valence-electron chi connectivity index (χ4n) is 2.22. The van der Waals surface area contributed by atoms with E-state index in [1.54, 1.807) is 0 Å². The fourth-order valence-corrected chi connectivity index (χ4v) is 2.22. The summed E-state index contributed by atoms with van der Waals surface area (Å²) in [6.45, 7) is 2.40. The minimum Gasteiger partial charge on any atom is -0.478 e. The Balaban J connectivity index is 0.000000298. The number of carboxylic acid groups (broad SMARTS) is 1. The number of carbonyl (C=O) groups is 1. The number of carboxylic acids is 1. The summed E-state index contributed by atoms with van der Waals surface area (Å²) in [5.74, 6) is -1.93. The zero-order valence-corrected chi connectivity index (χ0v) is 12.5. The van der Waals surface area contributed by atoms with Gasteiger partial charge in [-0.15, -0.1) is 0 Å². The van der Waals surface area contributed by atoms with Gasteiger partial charge in [0.1, 0.15) is 0 Å². The topological polar surface area (TPSA) is 77.8 Å². The highest BCUT2D eigenvalue weighted by atomic mass is 16.4. The Kier molecular flexibility index (Phi) is 12.6. The summed E-state index contributed by atoms with van der Waals surface area (Å²) in [5, 5.41) is 25.2. The van der Waals surface area contributed by atoms with Crippen molar-refractivity contribution in [2.24, 2.45) is 5.92 Å². The molecule has 0 atom stereocenters. The molecule has 0 spiro atoms. The Bertz CT molecular complexity index is 226. The van der Waals surface area contributed by atoms with Gasteiger partial charge in [0, 0.05) is 11.5 Å². The molecule has 0 saturated heterocycles. The van der Waals surface area contributed by atoms with Gasteiger partial charge < -0.3 is 15.3 Å². The summed E-state index contributed by atoms with van der Waals surface area (Å²) >= 11 is 0. The van der Waals surface area contributed by atoms with Crippen molar-refractivity contribution >= 4 is 5.97 Å². The van der Waals surface area contributed by atoms with Gasteiger partial charge in [0.15, 0.2) is 0 Å². The predicted octanol–water partition coefficient (Wildman–Crippen LogP) is 3.13. The summed E-state index contributed by atoms with van der Waals surface area (Å²) < 4.78 is 0. The number of aliphatic carboxylic acids is 1. The van der Waals surface area contributed by atoms with E-state index in [0.717, 1.165) is 0 Å². The number of rotatable bonds is 4. The molecule has 4 nitrogen and oxygen atoms in total. The molecule has 2 aliphatic rings. The van der Waals surface area contributed by atoms with E-state index in [0.29, 0.717) is 0 Å².